The fourth-order valence-corrected chi connectivity index (χ4v) is 6.75. The molecule has 0 fully saturated rings. The lowest BCUT2D eigenvalue weighted by Gasteiger charge is -2.30. The Morgan fingerprint density at radius 3 is 2.56 bits per heavy atom. The summed E-state index contributed by atoms with van der Waals surface area (Å²) in [5.41, 5.74) is 4.18. The van der Waals surface area contributed by atoms with Crippen LogP contribution >= 0.6 is 11.3 Å². The number of carbonyl (C=O) groups is 1. The Labute approximate surface area is 203 Å². The van der Waals surface area contributed by atoms with Crippen LogP contribution < -0.4 is 9.62 Å². The fourth-order valence-electron chi connectivity index (χ4n) is 4.31. The molecule has 3 aromatic carbocycles. The van der Waals surface area contributed by atoms with Crippen molar-refractivity contribution in [2.24, 2.45) is 0 Å². The first-order chi connectivity index (χ1) is 16.3. The summed E-state index contributed by atoms with van der Waals surface area (Å²) >= 11 is 1.43. The van der Waals surface area contributed by atoms with Crippen LogP contribution in [0.5, 0.6) is 0 Å². The van der Waals surface area contributed by atoms with Crippen molar-refractivity contribution in [1.29, 1.82) is 0 Å². The molecule has 5 rings (SSSR count). The van der Waals surface area contributed by atoms with Crippen LogP contribution in [0.15, 0.2) is 71.6 Å². The van der Waals surface area contributed by atoms with E-state index in [1.165, 1.54) is 27.8 Å². The minimum Gasteiger partial charge on any atom is -0.298 e. The summed E-state index contributed by atoms with van der Waals surface area (Å²) in [4.78, 5) is 17.6. The Kier molecular flexibility index (Phi) is 5.87. The molecule has 8 heteroatoms. The molecule has 1 aliphatic rings. The number of amides is 1. The second kappa shape index (κ2) is 8.85. The van der Waals surface area contributed by atoms with Crippen LogP contribution in [0.25, 0.3) is 10.2 Å². The van der Waals surface area contributed by atoms with E-state index in [1.807, 2.05) is 36.4 Å². The summed E-state index contributed by atoms with van der Waals surface area (Å²) in [6.45, 7) is 4.67. The zero-order chi connectivity index (χ0) is 23.9. The van der Waals surface area contributed by atoms with Gasteiger partial charge in [-0.05, 0) is 66.3 Å². The average Bonchev–Trinajstić information content (AvgIpc) is 3.26. The largest absolute Gasteiger partial charge is 0.298 e. The quantitative estimate of drug-likeness (QED) is 0.382. The maximum Gasteiger partial charge on any atom is 0.264 e. The zero-order valence-electron chi connectivity index (χ0n) is 19.0. The van der Waals surface area contributed by atoms with E-state index in [4.69, 9.17) is 0 Å². The van der Waals surface area contributed by atoms with Gasteiger partial charge in [0.2, 0.25) is 0 Å². The first-order valence-electron chi connectivity index (χ1n) is 11.3. The molecule has 1 amide bonds. The molecule has 0 bridgehead atoms. The smallest absolute Gasteiger partial charge is 0.264 e. The number of thiazole rings is 1. The number of sulfonamides is 1. The number of aromatic nitrogens is 1. The number of anilines is 2. The third kappa shape index (κ3) is 4.08. The average molecular weight is 492 g/mol. The number of para-hydroxylation sites is 2. The van der Waals surface area contributed by atoms with Crippen molar-refractivity contribution < 1.29 is 13.2 Å². The van der Waals surface area contributed by atoms with Gasteiger partial charge in [-0.3, -0.25) is 14.4 Å². The number of nitrogens with one attached hydrogen (secondary N) is 1. The molecule has 1 aliphatic heterocycles. The van der Waals surface area contributed by atoms with Gasteiger partial charge >= 0.3 is 0 Å². The van der Waals surface area contributed by atoms with E-state index in [0.717, 1.165) is 39.9 Å². The van der Waals surface area contributed by atoms with Crippen LogP contribution in [0.4, 0.5) is 10.8 Å². The van der Waals surface area contributed by atoms with Gasteiger partial charge in [-0.15, -0.1) is 0 Å². The molecule has 0 radical (unpaired) electrons. The fraction of sp³-hybridized carbons (Fsp3) is 0.231. The molecular formula is C26H25N3O3S2. The molecule has 0 spiro atoms. The molecule has 2 heterocycles. The van der Waals surface area contributed by atoms with Crippen molar-refractivity contribution in [3.8, 4) is 0 Å². The van der Waals surface area contributed by atoms with Crippen molar-refractivity contribution in [2.45, 2.75) is 37.5 Å². The van der Waals surface area contributed by atoms with E-state index in [-0.39, 0.29) is 10.8 Å². The highest BCUT2D eigenvalue weighted by Gasteiger charge is 2.29. The maximum absolute atomic E-state index is 13.3. The van der Waals surface area contributed by atoms with Crippen molar-refractivity contribution in [3.05, 3.63) is 83.4 Å². The molecule has 1 N–H and O–H groups in total. The Morgan fingerprint density at radius 2 is 1.79 bits per heavy atom. The second-order valence-electron chi connectivity index (χ2n) is 8.66. The number of fused-ring (bicyclic) bond motifs is 2. The molecule has 4 aromatic rings. The van der Waals surface area contributed by atoms with Crippen molar-refractivity contribution >= 4 is 48.3 Å². The van der Waals surface area contributed by atoms with Crippen molar-refractivity contribution in [3.63, 3.8) is 0 Å². The van der Waals surface area contributed by atoms with E-state index in [2.05, 4.69) is 30.2 Å². The highest BCUT2D eigenvalue weighted by atomic mass is 32.2. The Morgan fingerprint density at radius 1 is 1.03 bits per heavy atom. The van der Waals surface area contributed by atoms with E-state index < -0.39 is 10.0 Å². The van der Waals surface area contributed by atoms with E-state index in [9.17, 15) is 13.2 Å². The molecule has 174 valence electrons. The predicted molar refractivity (Wildman–Crippen MR) is 137 cm³/mol. The summed E-state index contributed by atoms with van der Waals surface area (Å²) in [6.07, 6.45) is 1.64. The summed E-state index contributed by atoms with van der Waals surface area (Å²) in [5, 5.41) is 3.38. The molecule has 1 aromatic heterocycles. The first-order valence-corrected chi connectivity index (χ1v) is 13.5. The van der Waals surface area contributed by atoms with Crippen LogP contribution in [-0.2, 0) is 16.4 Å². The van der Waals surface area contributed by atoms with E-state index >= 15 is 0 Å². The SMILES string of the molecule is CC(C)c1cccc2sc(NC(=O)c3ccc(S(=O)(=O)N4CCCc5ccccc54)cc3)nc12. The minimum atomic E-state index is -3.72. The third-order valence-corrected chi connectivity index (χ3v) is 8.83. The third-order valence-electron chi connectivity index (χ3n) is 6.06. The second-order valence-corrected chi connectivity index (χ2v) is 11.5. The maximum atomic E-state index is 13.3. The highest BCUT2D eigenvalue weighted by Crippen LogP contribution is 2.33. The predicted octanol–water partition coefficient (Wildman–Crippen LogP) is 5.81. The van der Waals surface area contributed by atoms with Gasteiger partial charge in [-0.1, -0.05) is 55.5 Å². The Balaban J connectivity index is 1.37. The molecule has 6 nitrogen and oxygen atoms in total. The Bertz CT molecular complexity index is 1470. The standard InChI is InChI=1S/C26H25N3O3S2/c1-17(2)21-9-5-11-23-24(21)27-26(33-23)28-25(30)19-12-14-20(15-13-19)34(31,32)29-16-6-8-18-7-3-4-10-22(18)29/h3-5,7,9-15,17H,6,8,16H2,1-2H3,(H,27,28,30). The summed E-state index contributed by atoms with van der Waals surface area (Å²) < 4.78 is 29.1. The summed E-state index contributed by atoms with van der Waals surface area (Å²) in [6, 6.07) is 19.7. The number of hydrogen-bond donors (Lipinski definition) is 1. The van der Waals surface area contributed by atoms with Gasteiger partial charge in [0.1, 0.15) is 0 Å². The van der Waals surface area contributed by atoms with Crippen molar-refractivity contribution in [2.75, 3.05) is 16.2 Å². The summed E-state index contributed by atoms with van der Waals surface area (Å²) in [7, 11) is -3.72. The normalized spacial score (nSPS) is 13.8. The molecule has 0 atom stereocenters. The van der Waals surface area contributed by atoms with Gasteiger partial charge in [-0.25, -0.2) is 13.4 Å². The van der Waals surface area contributed by atoms with Crippen LogP contribution in [0.1, 0.15) is 47.7 Å². The topological polar surface area (TPSA) is 79.4 Å². The lowest BCUT2D eigenvalue weighted by Crippen LogP contribution is -2.35. The van der Waals surface area contributed by atoms with Crippen LogP contribution in [0.2, 0.25) is 0 Å². The molecule has 0 aliphatic carbocycles. The zero-order valence-corrected chi connectivity index (χ0v) is 20.6. The lowest BCUT2D eigenvalue weighted by atomic mass is 10.0. The van der Waals surface area contributed by atoms with E-state index in [1.54, 1.807) is 12.1 Å². The molecule has 34 heavy (non-hydrogen) atoms. The molecular weight excluding hydrogens is 466 g/mol. The first kappa shape index (κ1) is 22.6. The van der Waals surface area contributed by atoms with Crippen molar-refractivity contribution in [1.82, 2.24) is 4.98 Å². The Hall–Kier alpha value is -3.23. The molecule has 0 saturated carbocycles. The molecule has 0 unspecified atom stereocenters. The van der Waals surface area contributed by atoms with E-state index in [0.29, 0.717) is 23.2 Å². The van der Waals surface area contributed by atoms with Gasteiger partial charge in [0.25, 0.3) is 15.9 Å². The van der Waals surface area contributed by atoms with Gasteiger partial charge in [0, 0.05) is 12.1 Å². The monoisotopic (exact) mass is 491 g/mol. The van der Waals surface area contributed by atoms with Gasteiger partial charge in [0.15, 0.2) is 5.13 Å². The highest BCUT2D eigenvalue weighted by molar-refractivity contribution is 7.92. The summed E-state index contributed by atoms with van der Waals surface area (Å²) in [5.74, 6) is 0.00753. The number of benzene rings is 3. The van der Waals surface area contributed by atoms with Crippen LogP contribution in [0.3, 0.4) is 0 Å². The minimum absolute atomic E-state index is 0.169. The van der Waals surface area contributed by atoms with Crippen LogP contribution in [-0.4, -0.2) is 25.9 Å². The van der Waals surface area contributed by atoms with Gasteiger partial charge in [0.05, 0.1) is 20.8 Å². The van der Waals surface area contributed by atoms with Gasteiger partial charge in [-0.2, -0.15) is 0 Å². The van der Waals surface area contributed by atoms with Crippen LogP contribution in [0, 0.1) is 0 Å². The number of hydrogen-bond acceptors (Lipinski definition) is 5. The molecule has 0 saturated heterocycles. The van der Waals surface area contributed by atoms with Gasteiger partial charge < -0.3 is 0 Å². The number of nitrogens with zero attached hydrogens (tertiary/aromatic N) is 2. The number of carbonyl (C=O) groups excluding carboxylic acids is 1. The lowest BCUT2D eigenvalue weighted by molar-refractivity contribution is 0.102. The number of aryl methyl sites for hydroxylation is 1. The number of rotatable bonds is 5.